The normalized spacial score (nSPS) is 10.7. The predicted octanol–water partition coefficient (Wildman–Crippen LogP) is 5.36. The molecule has 0 heterocycles. The van der Waals surface area contributed by atoms with Crippen LogP contribution in [-0.4, -0.2) is 18.7 Å². The van der Waals surface area contributed by atoms with Crippen molar-refractivity contribution in [3.8, 4) is 5.75 Å². The zero-order chi connectivity index (χ0) is 19.1. The molecule has 0 atom stereocenters. The van der Waals surface area contributed by atoms with Crippen LogP contribution in [-0.2, 0) is 4.79 Å². The van der Waals surface area contributed by atoms with E-state index in [9.17, 15) is 9.18 Å². The molecule has 3 aromatic carbocycles. The number of carbonyl (C=O) groups is 1. The van der Waals surface area contributed by atoms with Crippen LogP contribution in [0.2, 0.25) is 0 Å². The Labute approximate surface area is 164 Å². The Morgan fingerprint density at radius 1 is 1.07 bits per heavy atom. The quantitative estimate of drug-likeness (QED) is 0.539. The fourth-order valence-electron chi connectivity index (χ4n) is 2.25. The van der Waals surface area contributed by atoms with E-state index in [4.69, 9.17) is 4.74 Å². The summed E-state index contributed by atoms with van der Waals surface area (Å²) in [4.78, 5) is 16.0. The third-order valence-electron chi connectivity index (χ3n) is 3.57. The summed E-state index contributed by atoms with van der Waals surface area (Å²) in [6, 6.07) is 20.9. The fraction of sp³-hybridized carbons (Fsp3) is 0.0476. The van der Waals surface area contributed by atoms with Gasteiger partial charge in [0.05, 0.1) is 5.69 Å². The van der Waals surface area contributed by atoms with Gasteiger partial charge in [0.1, 0.15) is 11.6 Å². The van der Waals surface area contributed by atoms with Crippen molar-refractivity contribution < 1.29 is 13.9 Å². The minimum Gasteiger partial charge on any atom is -0.484 e. The fourth-order valence-corrected chi connectivity index (χ4v) is 2.58. The van der Waals surface area contributed by atoms with Crippen LogP contribution < -0.4 is 10.1 Å². The molecule has 136 valence electrons. The highest BCUT2D eigenvalue weighted by atomic mass is 79.9. The molecule has 0 aliphatic carbocycles. The van der Waals surface area contributed by atoms with Gasteiger partial charge in [-0.25, -0.2) is 4.39 Å². The van der Waals surface area contributed by atoms with Gasteiger partial charge in [0, 0.05) is 16.4 Å². The molecular weight excluding hydrogens is 411 g/mol. The van der Waals surface area contributed by atoms with Crippen molar-refractivity contribution in [2.45, 2.75) is 0 Å². The van der Waals surface area contributed by atoms with Crippen LogP contribution in [0.3, 0.4) is 0 Å². The third-order valence-corrected chi connectivity index (χ3v) is 4.06. The van der Waals surface area contributed by atoms with Gasteiger partial charge in [-0.2, -0.15) is 0 Å². The Balaban J connectivity index is 1.54. The van der Waals surface area contributed by atoms with Gasteiger partial charge in [0.15, 0.2) is 6.61 Å². The van der Waals surface area contributed by atoms with Gasteiger partial charge in [0.2, 0.25) is 0 Å². The zero-order valence-corrected chi connectivity index (χ0v) is 15.8. The van der Waals surface area contributed by atoms with Gasteiger partial charge < -0.3 is 10.1 Å². The molecule has 0 aliphatic heterocycles. The molecule has 3 rings (SSSR count). The number of amides is 1. The van der Waals surface area contributed by atoms with Crippen LogP contribution in [0, 0.1) is 5.82 Å². The highest BCUT2D eigenvalue weighted by Gasteiger charge is 2.04. The van der Waals surface area contributed by atoms with E-state index >= 15 is 0 Å². The maximum atomic E-state index is 13.7. The van der Waals surface area contributed by atoms with Gasteiger partial charge in [-0.3, -0.25) is 9.79 Å². The van der Waals surface area contributed by atoms with E-state index in [0.29, 0.717) is 10.2 Å². The van der Waals surface area contributed by atoms with Crippen molar-refractivity contribution in [1.29, 1.82) is 0 Å². The Morgan fingerprint density at radius 3 is 2.52 bits per heavy atom. The number of halogens is 2. The molecule has 0 saturated carbocycles. The van der Waals surface area contributed by atoms with Crippen molar-refractivity contribution in [1.82, 2.24) is 0 Å². The maximum absolute atomic E-state index is 13.7. The summed E-state index contributed by atoms with van der Waals surface area (Å²) in [5.41, 5.74) is 1.77. The molecule has 27 heavy (non-hydrogen) atoms. The highest BCUT2D eigenvalue weighted by Crippen LogP contribution is 2.22. The molecule has 0 bridgehead atoms. The molecule has 1 N–H and O–H groups in total. The van der Waals surface area contributed by atoms with E-state index in [-0.39, 0.29) is 18.2 Å². The van der Waals surface area contributed by atoms with Crippen molar-refractivity contribution >= 4 is 39.4 Å². The Morgan fingerprint density at radius 2 is 1.81 bits per heavy atom. The molecule has 0 fully saturated rings. The number of carbonyl (C=O) groups excluding carboxylic acids is 1. The summed E-state index contributed by atoms with van der Waals surface area (Å²) < 4.78 is 19.9. The van der Waals surface area contributed by atoms with E-state index in [1.54, 1.807) is 54.7 Å². The summed E-state index contributed by atoms with van der Waals surface area (Å²) in [5.74, 6) is -0.0762. The Kier molecular flexibility index (Phi) is 6.33. The lowest BCUT2D eigenvalue weighted by Crippen LogP contribution is -2.20. The summed E-state index contributed by atoms with van der Waals surface area (Å²) in [6.07, 6.45) is 1.57. The molecule has 0 aromatic heterocycles. The second-order valence-electron chi connectivity index (χ2n) is 5.63. The van der Waals surface area contributed by atoms with Crippen molar-refractivity contribution in [2.24, 2.45) is 4.99 Å². The second kappa shape index (κ2) is 9.09. The minimum atomic E-state index is -0.398. The SMILES string of the molecule is O=C(COc1ccc(C=Nc2ccc(Br)cc2F)cc1)Nc1ccccc1. The number of ether oxygens (including phenoxy) is 1. The number of aliphatic imine (C=N–C) groups is 1. The molecule has 0 aliphatic rings. The lowest BCUT2D eigenvalue weighted by atomic mass is 10.2. The predicted molar refractivity (Wildman–Crippen MR) is 108 cm³/mol. The molecule has 0 radical (unpaired) electrons. The number of nitrogens with one attached hydrogen (secondary N) is 1. The number of benzene rings is 3. The molecule has 6 heteroatoms. The standard InChI is InChI=1S/C21H16BrFN2O2/c22-16-8-11-20(19(23)12-16)24-13-15-6-9-18(10-7-15)27-14-21(26)25-17-4-2-1-3-5-17/h1-13H,14H2,(H,25,26). The summed E-state index contributed by atoms with van der Waals surface area (Å²) in [7, 11) is 0. The van der Waals surface area contributed by atoms with E-state index in [2.05, 4.69) is 26.2 Å². The molecule has 1 amide bonds. The average Bonchev–Trinajstić information content (AvgIpc) is 2.67. The van der Waals surface area contributed by atoms with Gasteiger partial charge in [-0.15, -0.1) is 0 Å². The molecule has 3 aromatic rings. The van der Waals surface area contributed by atoms with Gasteiger partial charge in [-0.1, -0.05) is 34.1 Å². The monoisotopic (exact) mass is 426 g/mol. The van der Waals surface area contributed by atoms with Crippen LogP contribution in [0.15, 0.2) is 82.3 Å². The third kappa shape index (κ3) is 5.76. The number of nitrogens with zero attached hydrogens (tertiary/aromatic N) is 1. The van der Waals surface area contributed by atoms with Crippen LogP contribution in [0.1, 0.15) is 5.56 Å². The first-order valence-electron chi connectivity index (χ1n) is 8.17. The topological polar surface area (TPSA) is 50.7 Å². The van der Waals surface area contributed by atoms with E-state index in [1.165, 1.54) is 6.07 Å². The van der Waals surface area contributed by atoms with E-state index in [1.807, 2.05) is 18.2 Å². The van der Waals surface area contributed by atoms with Crippen LogP contribution in [0.25, 0.3) is 0 Å². The Hall–Kier alpha value is -2.99. The smallest absolute Gasteiger partial charge is 0.262 e. The molecule has 0 unspecified atom stereocenters. The number of anilines is 1. The molecule has 0 saturated heterocycles. The first kappa shape index (κ1) is 18.8. The number of rotatable bonds is 6. The number of para-hydroxylation sites is 1. The van der Waals surface area contributed by atoms with E-state index in [0.717, 1.165) is 11.3 Å². The van der Waals surface area contributed by atoms with Crippen molar-refractivity contribution in [3.05, 3.63) is 88.6 Å². The maximum Gasteiger partial charge on any atom is 0.262 e. The highest BCUT2D eigenvalue weighted by molar-refractivity contribution is 9.10. The van der Waals surface area contributed by atoms with E-state index < -0.39 is 5.82 Å². The van der Waals surface area contributed by atoms with Crippen molar-refractivity contribution in [3.63, 3.8) is 0 Å². The lowest BCUT2D eigenvalue weighted by Gasteiger charge is -2.07. The summed E-state index contributed by atoms with van der Waals surface area (Å²) >= 11 is 3.21. The summed E-state index contributed by atoms with van der Waals surface area (Å²) in [6.45, 7) is -0.0908. The van der Waals surface area contributed by atoms with Crippen LogP contribution in [0.4, 0.5) is 15.8 Å². The van der Waals surface area contributed by atoms with Crippen molar-refractivity contribution in [2.75, 3.05) is 11.9 Å². The molecule has 0 spiro atoms. The van der Waals surface area contributed by atoms with Crippen LogP contribution >= 0.6 is 15.9 Å². The number of hydrogen-bond acceptors (Lipinski definition) is 3. The number of hydrogen-bond donors (Lipinski definition) is 1. The van der Waals surface area contributed by atoms with Crippen LogP contribution in [0.5, 0.6) is 5.75 Å². The Bertz CT molecular complexity index is 944. The minimum absolute atomic E-state index is 0.0908. The first-order chi connectivity index (χ1) is 13.1. The lowest BCUT2D eigenvalue weighted by molar-refractivity contribution is -0.118. The molecular formula is C21H16BrFN2O2. The van der Waals surface area contributed by atoms with Gasteiger partial charge in [0.25, 0.3) is 5.91 Å². The zero-order valence-electron chi connectivity index (χ0n) is 14.2. The second-order valence-corrected chi connectivity index (χ2v) is 6.54. The first-order valence-corrected chi connectivity index (χ1v) is 8.96. The van der Waals surface area contributed by atoms with Gasteiger partial charge >= 0.3 is 0 Å². The summed E-state index contributed by atoms with van der Waals surface area (Å²) in [5, 5.41) is 2.75. The van der Waals surface area contributed by atoms with Gasteiger partial charge in [-0.05, 0) is 60.2 Å². The largest absolute Gasteiger partial charge is 0.484 e. The molecule has 4 nitrogen and oxygen atoms in total. The average molecular weight is 427 g/mol.